The van der Waals surface area contributed by atoms with Crippen LogP contribution in [0.25, 0.3) is 0 Å². The molecule has 1 amide bonds. The zero-order valence-electron chi connectivity index (χ0n) is 13.0. The van der Waals surface area contributed by atoms with Gasteiger partial charge in [0.05, 0.1) is 17.8 Å². The quantitative estimate of drug-likeness (QED) is 0.797. The number of aliphatic hydroxyl groups excluding tert-OH is 1. The van der Waals surface area contributed by atoms with Gasteiger partial charge in [-0.05, 0) is 43.7 Å². The third-order valence-corrected chi connectivity index (χ3v) is 3.31. The Kier molecular flexibility index (Phi) is 5.96. The highest BCUT2D eigenvalue weighted by Gasteiger charge is 2.11. The Balaban J connectivity index is 1.90. The van der Waals surface area contributed by atoms with Crippen molar-refractivity contribution in [3.8, 4) is 5.75 Å². The van der Waals surface area contributed by atoms with E-state index in [1.54, 1.807) is 36.4 Å². The van der Waals surface area contributed by atoms with E-state index in [1.165, 1.54) is 6.20 Å². The van der Waals surface area contributed by atoms with Gasteiger partial charge >= 0.3 is 0 Å². The summed E-state index contributed by atoms with van der Waals surface area (Å²) in [5.41, 5.74) is 1.10. The second-order valence-corrected chi connectivity index (χ2v) is 5.72. The van der Waals surface area contributed by atoms with E-state index in [-0.39, 0.29) is 18.6 Å². The Labute approximate surface area is 140 Å². The van der Waals surface area contributed by atoms with Crippen molar-refractivity contribution in [2.75, 3.05) is 6.54 Å². The molecule has 5 nitrogen and oxygen atoms in total. The van der Waals surface area contributed by atoms with E-state index in [2.05, 4.69) is 10.3 Å². The predicted molar refractivity (Wildman–Crippen MR) is 88.7 cm³/mol. The first-order valence-electron chi connectivity index (χ1n) is 7.30. The average molecular weight is 335 g/mol. The minimum atomic E-state index is -0.799. The number of amides is 1. The van der Waals surface area contributed by atoms with Crippen LogP contribution >= 0.6 is 11.6 Å². The van der Waals surface area contributed by atoms with Crippen LogP contribution in [-0.2, 0) is 0 Å². The zero-order valence-corrected chi connectivity index (χ0v) is 13.7. The number of hydrogen-bond acceptors (Lipinski definition) is 4. The van der Waals surface area contributed by atoms with Crippen molar-refractivity contribution in [2.45, 2.75) is 26.1 Å². The van der Waals surface area contributed by atoms with Gasteiger partial charge in [0.25, 0.3) is 5.91 Å². The molecule has 0 saturated carbocycles. The van der Waals surface area contributed by atoms with E-state index >= 15 is 0 Å². The average Bonchev–Trinajstić information content (AvgIpc) is 2.53. The van der Waals surface area contributed by atoms with E-state index in [9.17, 15) is 9.90 Å². The molecule has 2 aromatic rings. The largest absolute Gasteiger partial charge is 0.491 e. The van der Waals surface area contributed by atoms with E-state index in [0.29, 0.717) is 16.3 Å². The van der Waals surface area contributed by atoms with Gasteiger partial charge < -0.3 is 15.2 Å². The number of benzene rings is 1. The summed E-state index contributed by atoms with van der Waals surface area (Å²) in [6.45, 7) is 4.00. The monoisotopic (exact) mass is 334 g/mol. The van der Waals surface area contributed by atoms with Crippen LogP contribution in [-0.4, -0.2) is 28.6 Å². The summed E-state index contributed by atoms with van der Waals surface area (Å²) in [5.74, 6) is 0.431. The molecular weight excluding hydrogens is 316 g/mol. The Hall–Kier alpha value is -2.11. The number of rotatable bonds is 6. The molecule has 0 spiro atoms. The number of aromatic nitrogens is 1. The van der Waals surface area contributed by atoms with Gasteiger partial charge in [0.1, 0.15) is 10.9 Å². The van der Waals surface area contributed by atoms with Crippen LogP contribution in [0.5, 0.6) is 5.75 Å². The van der Waals surface area contributed by atoms with Gasteiger partial charge in [-0.3, -0.25) is 4.79 Å². The van der Waals surface area contributed by atoms with Crippen LogP contribution in [0.15, 0.2) is 42.6 Å². The summed E-state index contributed by atoms with van der Waals surface area (Å²) in [5, 5.41) is 13.1. The number of ether oxygens (including phenoxy) is 1. The number of aliphatic hydroxyl groups is 1. The number of nitrogens with one attached hydrogen (secondary N) is 1. The molecule has 0 aliphatic rings. The second-order valence-electron chi connectivity index (χ2n) is 5.33. The zero-order chi connectivity index (χ0) is 16.8. The molecule has 1 heterocycles. The minimum Gasteiger partial charge on any atom is -0.491 e. The molecule has 1 unspecified atom stereocenters. The summed E-state index contributed by atoms with van der Waals surface area (Å²) in [4.78, 5) is 15.8. The van der Waals surface area contributed by atoms with Crippen molar-refractivity contribution in [1.82, 2.24) is 10.3 Å². The van der Waals surface area contributed by atoms with Gasteiger partial charge in [-0.25, -0.2) is 4.98 Å². The molecule has 23 heavy (non-hydrogen) atoms. The maximum absolute atomic E-state index is 11.9. The number of halogens is 1. The van der Waals surface area contributed by atoms with Gasteiger partial charge in [-0.15, -0.1) is 0 Å². The van der Waals surface area contributed by atoms with E-state index < -0.39 is 6.10 Å². The fourth-order valence-corrected chi connectivity index (χ4v) is 2.07. The molecule has 0 fully saturated rings. The molecule has 1 aromatic heterocycles. The summed E-state index contributed by atoms with van der Waals surface area (Å²) in [7, 11) is 0. The highest BCUT2D eigenvalue weighted by atomic mass is 35.5. The van der Waals surface area contributed by atoms with Crippen molar-refractivity contribution in [3.05, 3.63) is 58.9 Å². The molecule has 0 saturated heterocycles. The fourth-order valence-electron chi connectivity index (χ4n) is 1.96. The van der Waals surface area contributed by atoms with Crippen LogP contribution in [0.3, 0.4) is 0 Å². The third-order valence-electron chi connectivity index (χ3n) is 3.08. The number of nitrogens with zero attached hydrogens (tertiary/aromatic N) is 1. The lowest BCUT2D eigenvalue weighted by molar-refractivity contribution is 0.0916. The summed E-state index contributed by atoms with van der Waals surface area (Å²) in [6, 6.07) is 10.3. The molecule has 1 aromatic carbocycles. The summed E-state index contributed by atoms with van der Waals surface area (Å²) >= 11 is 5.68. The molecule has 2 rings (SSSR count). The lowest BCUT2D eigenvalue weighted by atomic mass is 10.1. The standard InChI is InChI=1S/C17H19ClN2O3/c1-11(2)23-14-6-3-12(4-7-14)15(21)10-20-17(22)13-5-8-16(18)19-9-13/h3-9,11,15,21H,10H2,1-2H3,(H,20,22). The molecule has 0 bridgehead atoms. The summed E-state index contributed by atoms with van der Waals surface area (Å²) < 4.78 is 5.55. The molecule has 2 N–H and O–H groups in total. The van der Waals surface area contributed by atoms with Crippen molar-refractivity contribution in [1.29, 1.82) is 0 Å². The Morgan fingerprint density at radius 3 is 2.52 bits per heavy atom. The highest BCUT2D eigenvalue weighted by Crippen LogP contribution is 2.18. The third kappa shape index (κ3) is 5.23. The lowest BCUT2D eigenvalue weighted by Crippen LogP contribution is -2.28. The number of pyridine rings is 1. The predicted octanol–water partition coefficient (Wildman–Crippen LogP) is 2.99. The van der Waals surface area contributed by atoms with Crippen LogP contribution in [0.2, 0.25) is 5.15 Å². The van der Waals surface area contributed by atoms with Crippen molar-refractivity contribution in [2.24, 2.45) is 0 Å². The fraction of sp³-hybridized carbons (Fsp3) is 0.294. The second kappa shape index (κ2) is 7.94. The Bertz CT molecular complexity index is 642. The minimum absolute atomic E-state index is 0.0954. The van der Waals surface area contributed by atoms with Crippen LogP contribution < -0.4 is 10.1 Å². The first-order chi connectivity index (χ1) is 11.0. The summed E-state index contributed by atoms with van der Waals surface area (Å²) in [6.07, 6.45) is 0.688. The number of hydrogen-bond donors (Lipinski definition) is 2. The highest BCUT2D eigenvalue weighted by molar-refractivity contribution is 6.29. The number of carbonyl (C=O) groups excluding carboxylic acids is 1. The molecule has 6 heteroatoms. The Morgan fingerprint density at radius 2 is 1.96 bits per heavy atom. The smallest absolute Gasteiger partial charge is 0.252 e. The SMILES string of the molecule is CC(C)Oc1ccc(C(O)CNC(=O)c2ccc(Cl)nc2)cc1. The van der Waals surface area contributed by atoms with Gasteiger partial charge in [0.2, 0.25) is 0 Å². The topological polar surface area (TPSA) is 71.5 Å². The molecule has 0 radical (unpaired) electrons. The van der Waals surface area contributed by atoms with Gasteiger partial charge in [-0.1, -0.05) is 23.7 Å². The van der Waals surface area contributed by atoms with Crippen molar-refractivity contribution < 1.29 is 14.6 Å². The van der Waals surface area contributed by atoms with Crippen LogP contribution in [0.4, 0.5) is 0 Å². The van der Waals surface area contributed by atoms with Crippen LogP contribution in [0, 0.1) is 0 Å². The number of carbonyl (C=O) groups is 1. The van der Waals surface area contributed by atoms with Crippen molar-refractivity contribution in [3.63, 3.8) is 0 Å². The van der Waals surface area contributed by atoms with E-state index in [0.717, 1.165) is 5.75 Å². The van der Waals surface area contributed by atoms with Crippen LogP contribution in [0.1, 0.15) is 35.9 Å². The Morgan fingerprint density at radius 1 is 1.26 bits per heavy atom. The lowest BCUT2D eigenvalue weighted by Gasteiger charge is -2.14. The first kappa shape index (κ1) is 17.2. The van der Waals surface area contributed by atoms with Gasteiger partial charge in [0, 0.05) is 12.7 Å². The van der Waals surface area contributed by atoms with Crippen molar-refractivity contribution >= 4 is 17.5 Å². The molecule has 122 valence electrons. The van der Waals surface area contributed by atoms with E-state index in [1.807, 2.05) is 13.8 Å². The molecule has 0 aliphatic carbocycles. The normalized spacial score (nSPS) is 12.0. The maximum atomic E-state index is 11.9. The van der Waals surface area contributed by atoms with E-state index in [4.69, 9.17) is 16.3 Å². The molecular formula is C17H19ClN2O3. The first-order valence-corrected chi connectivity index (χ1v) is 7.68. The van der Waals surface area contributed by atoms with Gasteiger partial charge in [0.15, 0.2) is 0 Å². The maximum Gasteiger partial charge on any atom is 0.252 e. The molecule has 0 aliphatic heterocycles. The molecule has 1 atom stereocenters. The van der Waals surface area contributed by atoms with Gasteiger partial charge in [-0.2, -0.15) is 0 Å².